The zero-order valence-corrected chi connectivity index (χ0v) is 20.9. The van der Waals surface area contributed by atoms with E-state index in [1.165, 1.54) is 21.0 Å². The summed E-state index contributed by atoms with van der Waals surface area (Å²) in [6, 6.07) is 15.1. The number of methoxy groups -OCH3 is 1. The van der Waals surface area contributed by atoms with Crippen LogP contribution in [-0.2, 0) is 19.1 Å². The van der Waals surface area contributed by atoms with Gasteiger partial charge in [0.05, 0.1) is 11.0 Å². The van der Waals surface area contributed by atoms with Gasteiger partial charge in [-0.05, 0) is 49.9 Å². The van der Waals surface area contributed by atoms with Gasteiger partial charge in [0.1, 0.15) is 12.6 Å². The van der Waals surface area contributed by atoms with E-state index in [4.69, 9.17) is 9.47 Å². The van der Waals surface area contributed by atoms with Crippen molar-refractivity contribution in [2.75, 3.05) is 20.3 Å². The first-order valence-electron chi connectivity index (χ1n) is 11.6. The minimum absolute atomic E-state index is 0.0859. The standard InChI is InChI=1S/C27H34N2O6/c1-26(2,24(31)32)16-28-23(30)22(14-27(3,4)34-5)29-25(33)35-15-21-19-12-8-6-10-17(19)18-11-7-9-13-20(18)21/h6-13,21-22H,14-16H2,1-5H3,(H,28,30)(H,29,33)(H,31,32). The number of rotatable bonds is 10. The van der Waals surface area contributed by atoms with Crippen molar-refractivity contribution < 1.29 is 29.0 Å². The Hall–Kier alpha value is -3.39. The number of amides is 2. The molecule has 0 aromatic heterocycles. The first kappa shape index (κ1) is 26.2. The fourth-order valence-corrected chi connectivity index (χ4v) is 4.07. The largest absolute Gasteiger partial charge is 0.481 e. The highest BCUT2D eigenvalue weighted by atomic mass is 16.5. The lowest BCUT2D eigenvalue weighted by atomic mass is 9.93. The lowest BCUT2D eigenvalue weighted by Crippen LogP contribution is -2.52. The van der Waals surface area contributed by atoms with Crippen molar-refractivity contribution in [3.05, 3.63) is 59.7 Å². The molecule has 1 aliphatic carbocycles. The number of alkyl carbamates (subject to hydrolysis) is 1. The van der Waals surface area contributed by atoms with Gasteiger partial charge in [0.15, 0.2) is 0 Å². The van der Waals surface area contributed by atoms with Crippen LogP contribution >= 0.6 is 0 Å². The number of hydrogen-bond donors (Lipinski definition) is 3. The van der Waals surface area contributed by atoms with Crippen LogP contribution < -0.4 is 10.6 Å². The average Bonchev–Trinajstić information content (AvgIpc) is 3.14. The van der Waals surface area contributed by atoms with Crippen LogP contribution in [0, 0.1) is 5.41 Å². The fourth-order valence-electron chi connectivity index (χ4n) is 4.07. The van der Waals surface area contributed by atoms with Gasteiger partial charge in [-0.1, -0.05) is 48.5 Å². The topological polar surface area (TPSA) is 114 Å². The maximum atomic E-state index is 12.9. The number of carboxylic acids is 1. The highest BCUT2D eigenvalue weighted by Crippen LogP contribution is 2.44. The molecule has 3 N–H and O–H groups in total. The molecular formula is C27H34N2O6. The quantitative estimate of drug-likeness (QED) is 0.473. The van der Waals surface area contributed by atoms with Crippen molar-refractivity contribution in [3.8, 4) is 11.1 Å². The van der Waals surface area contributed by atoms with E-state index >= 15 is 0 Å². The molecule has 2 amide bonds. The van der Waals surface area contributed by atoms with Crippen molar-refractivity contribution >= 4 is 18.0 Å². The van der Waals surface area contributed by atoms with Crippen LogP contribution in [-0.4, -0.2) is 55.0 Å². The van der Waals surface area contributed by atoms with Gasteiger partial charge in [0, 0.05) is 26.0 Å². The first-order chi connectivity index (χ1) is 16.4. The maximum absolute atomic E-state index is 12.9. The fraction of sp³-hybridized carbons (Fsp3) is 0.444. The molecule has 0 fully saturated rings. The van der Waals surface area contributed by atoms with E-state index in [1.807, 2.05) is 36.4 Å². The maximum Gasteiger partial charge on any atom is 0.407 e. The molecule has 2 aromatic rings. The van der Waals surface area contributed by atoms with Crippen molar-refractivity contribution in [2.24, 2.45) is 5.41 Å². The average molecular weight is 483 g/mol. The molecule has 8 nitrogen and oxygen atoms in total. The predicted molar refractivity (Wildman–Crippen MR) is 132 cm³/mol. The second kappa shape index (κ2) is 10.5. The van der Waals surface area contributed by atoms with Gasteiger partial charge in [-0.25, -0.2) is 4.79 Å². The lowest BCUT2D eigenvalue weighted by molar-refractivity contribution is -0.146. The van der Waals surface area contributed by atoms with E-state index in [2.05, 4.69) is 22.8 Å². The van der Waals surface area contributed by atoms with Crippen molar-refractivity contribution in [1.29, 1.82) is 0 Å². The molecule has 0 radical (unpaired) electrons. The Morgan fingerprint density at radius 1 is 0.971 bits per heavy atom. The number of carbonyl (C=O) groups is 3. The zero-order chi connectivity index (χ0) is 25.8. The summed E-state index contributed by atoms with van der Waals surface area (Å²) in [7, 11) is 1.52. The number of aliphatic carboxylic acids is 1. The van der Waals surface area contributed by atoms with Crippen LogP contribution in [0.5, 0.6) is 0 Å². The molecule has 3 rings (SSSR count). The third-order valence-corrected chi connectivity index (χ3v) is 6.48. The van der Waals surface area contributed by atoms with Gasteiger partial charge < -0.3 is 25.2 Å². The summed E-state index contributed by atoms with van der Waals surface area (Å²) in [5, 5.41) is 14.6. The van der Waals surface area contributed by atoms with Crippen molar-refractivity contribution in [1.82, 2.24) is 10.6 Å². The molecule has 0 spiro atoms. The Balaban J connectivity index is 1.69. The summed E-state index contributed by atoms with van der Waals surface area (Å²) in [6.45, 7) is 6.67. The molecule has 0 saturated heterocycles. The molecule has 35 heavy (non-hydrogen) atoms. The summed E-state index contributed by atoms with van der Waals surface area (Å²) in [5.41, 5.74) is 2.57. The minimum Gasteiger partial charge on any atom is -0.481 e. The smallest absolute Gasteiger partial charge is 0.407 e. The van der Waals surface area contributed by atoms with E-state index in [1.54, 1.807) is 13.8 Å². The third-order valence-electron chi connectivity index (χ3n) is 6.48. The van der Waals surface area contributed by atoms with Crippen LogP contribution in [0.3, 0.4) is 0 Å². The number of carboxylic acid groups (broad SMARTS) is 1. The first-order valence-corrected chi connectivity index (χ1v) is 11.6. The SMILES string of the molecule is COC(C)(C)CC(NC(=O)OCC1c2ccccc2-c2ccccc21)C(=O)NCC(C)(C)C(=O)O. The zero-order valence-electron chi connectivity index (χ0n) is 20.9. The third kappa shape index (κ3) is 6.19. The monoisotopic (exact) mass is 482 g/mol. The molecule has 0 aliphatic heterocycles. The van der Waals surface area contributed by atoms with E-state index in [-0.39, 0.29) is 25.5 Å². The highest BCUT2D eigenvalue weighted by molar-refractivity contribution is 5.86. The number of hydrogen-bond acceptors (Lipinski definition) is 5. The van der Waals surface area contributed by atoms with E-state index < -0.39 is 35.0 Å². The van der Waals surface area contributed by atoms with Crippen molar-refractivity contribution in [3.63, 3.8) is 0 Å². The van der Waals surface area contributed by atoms with Crippen LogP contribution in [0.15, 0.2) is 48.5 Å². The Morgan fingerprint density at radius 2 is 1.51 bits per heavy atom. The molecule has 188 valence electrons. The summed E-state index contributed by atoms with van der Waals surface area (Å²) >= 11 is 0. The number of fused-ring (bicyclic) bond motifs is 3. The van der Waals surface area contributed by atoms with Crippen LogP contribution in [0.1, 0.15) is 51.2 Å². The Bertz CT molecular complexity index is 1050. The van der Waals surface area contributed by atoms with Crippen LogP contribution in [0.2, 0.25) is 0 Å². The lowest BCUT2D eigenvalue weighted by Gasteiger charge is -2.29. The molecule has 0 heterocycles. The van der Waals surface area contributed by atoms with Gasteiger partial charge >= 0.3 is 12.1 Å². The second-order valence-electron chi connectivity index (χ2n) is 10.1. The van der Waals surface area contributed by atoms with Crippen LogP contribution in [0.25, 0.3) is 11.1 Å². The molecule has 1 atom stereocenters. The molecule has 2 aromatic carbocycles. The number of benzene rings is 2. The number of ether oxygens (including phenoxy) is 2. The number of nitrogens with one attached hydrogen (secondary N) is 2. The normalized spacial score (nSPS) is 14.0. The summed E-state index contributed by atoms with van der Waals surface area (Å²) in [5.74, 6) is -1.64. The number of carbonyl (C=O) groups excluding carboxylic acids is 2. The molecule has 1 unspecified atom stereocenters. The van der Waals surface area contributed by atoms with Gasteiger partial charge in [-0.2, -0.15) is 0 Å². The van der Waals surface area contributed by atoms with Gasteiger partial charge in [-0.3, -0.25) is 9.59 Å². The van der Waals surface area contributed by atoms with Gasteiger partial charge in [-0.15, -0.1) is 0 Å². The molecular weight excluding hydrogens is 448 g/mol. The van der Waals surface area contributed by atoms with E-state index in [0.29, 0.717) is 0 Å². The molecule has 8 heteroatoms. The van der Waals surface area contributed by atoms with Gasteiger partial charge in [0.2, 0.25) is 5.91 Å². The molecule has 1 aliphatic rings. The minimum atomic E-state index is -1.15. The molecule has 0 bridgehead atoms. The summed E-state index contributed by atoms with van der Waals surface area (Å²) < 4.78 is 11.0. The Labute approximate surface area is 206 Å². The Morgan fingerprint density at radius 3 is 2.03 bits per heavy atom. The van der Waals surface area contributed by atoms with Crippen LogP contribution in [0.4, 0.5) is 4.79 Å². The van der Waals surface area contributed by atoms with E-state index in [0.717, 1.165) is 22.3 Å². The summed E-state index contributed by atoms with van der Waals surface area (Å²) in [4.78, 5) is 37.1. The molecule has 0 saturated carbocycles. The van der Waals surface area contributed by atoms with Crippen molar-refractivity contribution in [2.45, 2.75) is 51.7 Å². The highest BCUT2D eigenvalue weighted by Gasteiger charge is 2.34. The second-order valence-corrected chi connectivity index (χ2v) is 10.1. The summed E-state index contributed by atoms with van der Waals surface area (Å²) in [6.07, 6.45) is -0.552. The Kier molecular flexibility index (Phi) is 7.85. The van der Waals surface area contributed by atoms with Gasteiger partial charge in [0.25, 0.3) is 0 Å². The predicted octanol–water partition coefficient (Wildman–Crippen LogP) is 3.94. The van der Waals surface area contributed by atoms with E-state index in [9.17, 15) is 19.5 Å².